The van der Waals surface area contributed by atoms with E-state index in [-0.39, 0.29) is 25.2 Å². The molecular weight excluding hydrogens is 512 g/mol. The molecular formula is C36H62O5. The van der Waals surface area contributed by atoms with Crippen molar-refractivity contribution >= 4 is 11.9 Å². The monoisotopic (exact) mass is 574 g/mol. The average molecular weight is 575 g/mol. The number of esters is 2. The van der Waals surface area contributed by atoms with Crippen LogP contribution >= 0.6 is 0 Å². The van der Waals surface area contributed by atoms with E-state index in [1.807, 2.05) is 0 Å². The summed E-state index contributed by atoms with van der Waals surface area (Å²) in [6.07, 6.45) is 38.7. The largest absolute Gasteiger partial charge is 0.462 e. The van der Waals surface area contributed by atoms with Gasteiger partial charge in [-0.05, 0) is 70.6 Å². The minimum atomic E-state index is -0.782. The fourth-order valence-electron chi connectivity index (χ4n) is 4.33. The Morgan fingerprint density at radius 2 is 1.05 bits per heavy atom. The van der Waals surface area contributed by atoms with Crippen molar-refractivity contribution in [2.45, 2.75) is 155 Å². The van der Waals surface area contributed by atoms with Gasteiger partial charge in [0.1, 0.15) is 6.61 Å². The molecule has 1 N–H and O–H groups in total. The molecule has 0 aromatic rings. The maximum absolute atomic E-state index is 12.1. The van der Waals surface area contributed by atoms with E-state index in [4.69, 9.17) is 9.47 Å². The molecule has 41 heavy (non-hydrogen) atoms. The van der Waals surface area contributed by atoms with Crippen LogP contribution in [-0.2, 0) is 19.1 Å². The van der Waals surface area contributed by atoms with E-state index in [0.29, 0.717) is 12.8 Å². The zero-order valence-electron chi connectivity index (χ0n) is 26.5. The first-order valence-corrected chi connectivity index (χ1v) is 16.7. The maximum atomic E-state index is 12.1. The Kier molecular flexibility index (Phi) is 30.7. The predicted molar refractivity (Wildman–Crippen MR) is 173 cm³/mol. The zero-order valence-corrected chi connectivity index (χ0v) is 26.5. The first-order valence-electron chi connectivity index (χ1n) is 16.7. The second-order valence-electron chi connectivity index (χ2n) is 10.9. The molecule has 0 aromatic carbocycles. The number of allylic oxidation sites excluding steroid dienone is 8. The molecule has 0 saturated heterocycles. The number of aliphatic hydroxyl groups excluding tert-OH is 1. The third-order valence-electron chi connectivity index (χ3n) is 6.86. The first kappa shape index (κ1) is 38.9. The SMILES string of the molecule is CC/C=C\C/C=C\C/C=C\CCCCCCCC(=O)O[C@@H](CO)COC(=O)CCCCCCC/C=C\CCCCC. The fourth-order valence-corrected chi connectivity index (χ4v) is 4.33. The molecule has 0 aliphatic carbocycles. The second-order valence-corrected chi connectivity index (χ2v) is 10.9. The Labute approximate surface area is 252 Å². The molecule has 0 aromatic heterocycles. The van der Waals surface area contributed by atoms with Crippen LogP contribution in [0.4, 0.5) is 0 Å². The van der Waals surface area contributed by atoms with Gasteiger partial charge in [-0.15, -0.1) is 0 Å². The summed E-state index contributed by atoms with van der Waals surface area (Å²) in [6.45, 7) is 3.95. The number of hydrogen-bond donors (Lipinski definition) is 1. The van der Waals surface area contributed by atoms with Crippen LogP contribution in [0.2, 0.25) is 0 Å². The summed E-state index contributed by atoms with van der Waals surface area (Å²) in [4.78, 5) is 24.1. The first-order chi connectivity index (χ1) is 20.1. The van der Waals surface area contributed by atoms with E-state index < -0.39 is 6.10 Å². The van der Waals surface area contributed by atoms with Gasteiger partial charge >= 0.3 is 11.9 Å². The Bertz CT molecular complexity index is 707. The van der Waals surface area contributed by atoms with Gasteiger partial charge in [0.2, 0.25) is 0 Å². The highest BCUT2D eigenvalue weighted by Gasteiger charge is 2.16. The van der Waals surface area contributed by atoms with Crippen molar-refractivity contribution in [3.05, 3.63) is 48.6 Å². The summed E-state index contributed by atoms with van der Waals surface area (Å²) in [7, 11) is 0. The summed E-state index contributed by atoms with van der Waals surface area (Å²) in [5.74, 6) is -0.627. The van der Waals surface area contributed by atoms with Gasteiger partial charge in [0.25, 0.3) is 0 Å². The van der Waals surface area contributed by atoms with Crippen LogP contribution in [0.5, 0.6) is 0 Å². The number of aliphatic hydroxyl groups is 1. The number of carbonyl (C=O) groups is 2. The molecule has 0 amide bonds. The average Bonchev–Trinajstić information content (AvgIpc) is 2.97. The lowest BCUT2D eigenvalue weighted by Crippen LogP contribution is -2.28. The Morgan fingerprint density at radius 3 is 1.61 bits per heavy atom. The quantitative estimate of drug-likeness (QED) is 0.0547. The van der Waals surface area contributed by atoms with Gasteiger partial charge in [-0.25, -0.2) is 0 Å². The van der Waals surface area contributed by atoms with Crippen molar-refractivity contribution in [1.29, 1.82) is 0 Å². The summed E-state index contributed by atoms with van der Waals surface area (Å²) in [5, 5.41) is 9.50. The molecule has 5 heteroatoms. The van der Waals surface area contributed by atoms with Crippen molar-refractivity contribution < 1.29 is 24.2 Å². The van der Waals surface area contributed by atoms with Crippen molar-refractivity contribution in [2.24, 2.45) is 0 Å². The summed E-state index contributed by atoms with van der Waals surface area (Å²) in [6, 6.07) is 0. The highest BCUT2D eigenvalue weighted by atomic mass is 16.6. The van der Waals surface area contributed by atoms with Crippen molar-refractivity contribution in [2.75, 3.05) is 13.2 Å². The number of ether oxygens (including phenoxy) is 2. The van der Waals surface area contributed by atoms with Gasteiger partial charge in [0, 0.05) is 12.8 Å². The Balaban J connectivity index is 3.65. The minimum Gasteiger partial charge on any atom is -0.462 e. The zero-order chi connectivity index (χ0) is 30.1. The van der Waals surface area contributed by atoms with Crippen molar-refractivity contribution in [1.82, 2.24) is 0 Å². The molecule has 236 valence electrons. The highest BCUT2D eigenvalue weighted by molar-refractivity contribution is 5.70. The van der Waals surface area contributed by atoms with E-state index in [9.17, 15) is 14.7 Å². The lowest BCUT2D eigenvalue weighted by Gasteiger charge is -2.15. The van der Waals surface area contributed by atoms with Gasteiger partial charge in [0.15, 0.2) is 6.10 Å². The molecule has 0 fully saturated rings. The number of hydrogen-bond acceptors (Lipinski definition) is 5. The Hall–Kier alpha value is -2.14. The number of rotatable bonds is 29. The van der Waals surface area contributed by atoms with Crippen LogP contribution in [0.15, 0.2) is 48.6 Å². The Morgan fingerprint density at radius 1 is 0.585 bits per heavy atom. The van der Waals surface area contributed by atoms with Crippen molar-refractivity contribution in [3.8, 4) is 0 Å². The molecule has 0 bridgehead atoms. The second kappa shape index (κ2) is 32.4. The minimum absolute atomic E-state index is 0.0785. The molecule has 0 heterocycles. The van der Waals surface area contributed by atoms with Gasteiger partial charge in [-0.3, -0.25) is 9.59 Å². The van der Waals surface area contributed by atoms with E-state index in [2.05, 4.69) is 62.5 Å². The molecule has 0 saturated carbocycles. The van der Waals surface area contributed by atoms with Gasteiger partial charge in [0.05, 0.1) is 6.61 Å². The molecule has 0 rings (SSSR count). The third kappa shape index (κ3) is 30.6. The lowest BCUT2D eigenvalue weighted by atomic mass is 10.1. The van der Waals surface area contributed by atoms with Crippen LogP contribution < -0.4 is 0 Å². The third-order valence-corrected chi connectivity index (χ3v) is 6.86. The molecule has 0 aliphatic rings. The molecule has 0 aliphatic heterocycles. The van der Waals surface area contributed by atoms with Gasteiger partial charge in [-0.2, -0.15) is 0 Å². The van der Waals surface area contributed by atoms with Gasteiger partial charge in [-0.1, -0.05) is 114 Å². The van der Waals surface area contributed by atoms with E-state index in [1.54, 1.807) is 0 Å². The van der Waals surface area contributed by atoms with E-state index >= 15 is 0 Å². The maximum Gasteiger partial charge on any atom is 0.306 e. The summed E-state index contributed by atoms with van der Waals surface area (Å²) in [5.41, 5.74) is 0. The van der Waals surface area contributed by atoms with Crippen LogP contribution in [0.1, 0.15) is 149 Å². The smallest absolute Gasteiger partial charge is 0.306 e. The summed E-state index contributed by atoms with van der Waals surface area (Å²) < 4.78 is 10.5. The highest BCUT2D eigenvalue weighted by Crippen LogP contribution is 2.11. The van der Waals surface area contributed by atoms with E-state index in [1.165, 1.54) is 44.9 Å². The van der Waals surface area contributed by atoms with Gasteiger partial charge < -0.3 is 14.6 Å². The summed E-state index contributed by atoms with van der Waals surface area (Å²) >= 11 is 0. The standard InChI is InChI=1S/C36H62O5/c1-3-5-7-9-11-13-15-17-18-19-21-23-25-27-29-31-36(39)41-34(32-37)33-40-35(38)30-28-26-24-22-20-16-14-12-10-8-6-4-2/h5,7,11-14,17-18,34,37H,3-4,6,8-10,15-16,19-33H2,1-2H3/b7-5-,13-11-,14-12-,18-17-/t34-/m0/s1. The van der Waals surface area contributed by atoms with Crippen LogP contribution in [0, 0.1) is 0 Å². The fraction of sp³-hybridized carbons (Fsp3) is 0.722. The topological polar surface area (TPSA) is 72.8 Å². The van der Waals surface area contributed by atoms with Crippen LogP contribution in [0.25, 0.3) is 0 Å². The van der Waals surface area contributed by atoms with Crippen LogP contribution in [0.3, 0.4) is 0 Å². The van der Waals surface area contributed by atoms with Crippen molar-refractivity contribution in [3.63, 3.8) is 0 Å². The normalized spacial score (nSPS) is 12.8. The molecule has 5 nitrogen and oxygen atoms in total. The number of unbranched alkanes of at least 4 members (excludes halogenated alkanes) is 13. The molecule has 0 unspecified atom stereocenters. The molecule has 0 radical (unpaired) electrons. The molecule has 0 spiro atoms. The van der Waals surface area contributed by atoms with Crippen LogP contribution in [-0.4, -0.2) is 36.4 Å². The molecule has 1 atom stereocenters. The lowest BCUT2D eigenvalue weighted by molar-refractivity contribution is -0.161. The number of carbonyl (C=O) groups excluding carboxylic acids is 2. The predicted octanol–water partition coefficient (Wildman–Crippen LogP) is 9.89. The van der Waals surface area contributed by atoms with E-state index in [0.717, 1.165) is 77.0 Å².